The third-order valence-corrected chi connectivity index (χ3v) is 5.32. The van der Waals surface area contributed by atoms with Crippen LogP contribution in [0.4, 0.5) is 11.4 Å². The Bertz CT molecular complexity index is 952. The number of aldehydes is 1. The first-order valence-electron chi connectivity index (χ1n) is 9.85. The highest BCUT2D eigenvalue weighted by Gasteiger charge is 2.21. The maximum Gasteiger partial charge on any atom is 0.269 e. The van der Waals surface area contributed by atoms with Crippen LogP contribution < -0.4 is 9.64 Å². The Morgan fingerprint density at radius 1 is 1.10 bits per heavy atom. The molecule has 2 aromatic rings. The second kappa shape index (κ2) is 9.39. The SMILES string of the molecule is Cc1cc(N2CCN(C(=O)CCOc3ccc([N+](=O)[O-])cc3C)CC2)ccc1C=O. The second-order valence-electron chi connectivity index (χ2n) is 7.33. The summed E-state index contributed by atoms with van der Waals surface area (Å²) >= 11 is 0. The van der Waals surface area contributed by atoms with Gasteiger partial charge in [0.1, 0.15) is 12.0 Å². The highest BCUT2D eigenvalue weighted by Crippen LogP contribution is 2.24. The molecule has 0 atom stereocenters. The van der Waals surface area contributed by atoms with Crippen molar-refractivity contribution in [2.75, 3.05) is 37.7 Å². The van der Waals surface area contributed by atoms with E-state index < -0.39 is 4.92 Å². The van der Waals surface area contributed by atoms with Crippen LogP contribution in [0.25, 0.3) is 0 Å². The summed E-state index contributed by atoms with van der Waals surface area (Å²) in [6.45, 7) is 6.60. The summed E-state index contributed by atoms with van der Waals surface area (Å²) in [6.07, 6.45) is 1.11. The highest BCUT2D eigenvalue weighted by atomic mass is 16.6. The van der Waals surface area contributed by atoms with Crippen molar-refractivity contribution in [1.29, 1.82) is 0 Å². The number of carbonyl (C=O) groups is 2. The van der Waals surface area contributed by atoms with Gasteiger partial charge in [-0.2, -0.15) is 0 Å². The largest absolute Gasteiger partial charge is 0.493 e. The first-order chi connectivity index (χ1) is 14.4. The minimum absolute atomic E-state index is 0.0183. The van der Waals surface area contributed by atoms with E-state index in [1.54, 1.807) is 13.0 Å². The summed E-state index contributed by atoms with van der Waals surface area (Å²) in [5, 5.41) is 10.8. The third kappa shape index (κ3) is 4.94. The number of amides is 1. The molecule has 1 heterocycles. The number of nitrogens with zero attached hydrogens (tertiary/aromatic N) is 3. The molecule has 0 N–H and O–H groups in total. The molecule has 8 heteroatoms. The van der Waals surface area contributed by atoms with Gasteiger partial charge in [0.25, 0.3) is 5.69 Å². The quantitative estimate of drug-likeness (QED) is 0.395. The first-order valence-corrected chi connectivity index (χ1v) is 9.85. The Morgan fingerprint density at radius 3 is 2.43 bits per heavy atom. The van der Waals surface area contributed by atoms with Gasteiger partial charge in [-0.05, 0) is 49.2 Å². The molecule has 2 aromatic carbocycles. The number of benzene rings is 2. The fourth-order valence-corrected chi connectivity index (χ4v) is 3.52. The monoisotopic (exact) mass is 411 g/mol. The van der Waals surface area contributed by atoms with Crippen molar-refractivity contribution in [3.63, 3.8) is 0 Å². The van der Waals surface area contributed by atoms with E-state index in [9.17, 15) is 19.7 Å². The van der Waals surface area contributed by atoms with Gasteiger partial charge in [0, 0.05) is 49.6 Å². The third-order valence-electron chi connectivity index (χ3n) is 5.32. The van der Waals surface area contributed by atoms with Crippen molar-refractivity contribution in [2.45, 2.75) is 20.3 Å². The maximum absolute atomic E-state index is 12.5. The number of hydrogen-bond acceptors (Lipinski definition) is 6. The van der Waals surface area contributed by atoms with Crippen molar-refractivity contribution in [1.82, 2.24) is 4.90 Å². The van der Waals surface area contributed by atoms with Crippen LogP contribution in [0, 0.1) is 24.0 Å². The summed E-state index contributed by atoms with van der Waals surface area (Å²) in [7, 11) is 0. The Kier molecular flexibility index (Phi) is 6.66. The van der Waals surface area contributed by atoms with Crippen molar-refractivity contribution < 1.29 is 19.2 Å². The number of non-ortho nitro benzene ring substituents is 1. The lowest BCUT2D eigenvalue weighted by molar-refractivity contribution is -0.384. The predicted octanol–water partition coefficient (Wildman–Crippen LogP) is 3.14. The summed E-state index contributed by atoms with van der Waals surface area (Å²) in [6, 6.07) is 10.2. The second-order valence-corrected chi connectivity index (χ2v) is 7.33. The molecule has 0 bridgehead atoms. The minimum Gasteiger partial charge on any atom is -0.493 e. The number of anilines is 1. The van der Waals surface area contributed by atoms with E-state index in [0.717, 1.165) is 30.6 Å². The zero-order valence-corrected chi connectivity index (χ0v) is 17.2. The zero-order chi connectivity index (χ0) is 21.7. The van der Waals surface area contributed by atoms with Gasteiger partial charge in [0.15, 0.2) is 0 Å². The first kappa shape index (κ1) is 21.3. The number of ether oxygens (including phenoxy) is 1. The number of rotatable bonds is 7. The van der Waals surface area contributed by atoms with Crippen LogP contribution in [0.5, 0.6) is 5.75 Å². The molecule has 1 saturated heterocycles. The van der Waals surface area contributed by atoms with Crippen LogP contribution >= 0.6 is 0 Å². The molecule has 1 aliphatic heterocycles. The summed E-state index contributed by atoms with van der Waals surface area (Å²) in [5.74, 6) is 0.578. The van der Waals surface area contributed by atoms with E-state index in [0.29, 0.717) is 30.0 Å². The minimum atomic E-state index is -0.447. The normalized spacial score (nSPS) is 13.8. The molecule has 1 amide bonds. The smallest absolute Gasteiger partial charge is 0.269 e. The Balaban J connectivity index is 1.47. The number of nitro groups is 1. The van der Waals surface area contributed by atoms with E-state index in [1.807, 2.05) is 30.0 Å². The molecule has 0 unspecified atom stereocenters. The fourth-order valence-electron chi connectivity index (χ4n) is 3.52. The number of piperazine rings is 1. The lowest BCUT2D eigenvalue weighted by Gasteiger charge is -2.36. The Labute approximate surface area is 175 Å². The molecule has 1 fully saturated rings. The molecule has 3 rings (SSSR count). The predicted molar refractivity (Wildman–Crippen MR) is 113 cm³/mol. The summed E-state index contributed by atoms with van der Waals surface area (Å²) < 4.78 is 5.65. The van der Waals surface area contributed by atoms with Gasteiger partial charge in [-0.3, -0.25) is 19.7 Å². The molecule has 8 nitrogen and oxygen atoms in total. The van der Waals surface area contributed by atoms with Crippen LogP contribution in [0.2, 0.25) is 0 Å². The number of carbonyl (C=O) groups excluding carboxylic acids is 2. The van der Waals surface area contributed by atoms with Gasteiger partial charge in [-0.1, -0.05) is 0 Å². The zero-order valence-electron chi connectivity index (χ0n) is 17.2. The lowest BCUT2D eigenvalue weighted by Crippen LogP contribution is -2.49. The summed E-state index contributed by atoms with van der Waals surface area (Å²) in [4.78, 5) is 37.9. The standard InChI is InChI=1S/C22H25N3O5/c1-16-13-19(4-3-18(16)15-26)23-8-10-24(11-9-23)22(27)7-12-30-21-6-5-20(25(28)29)14-17(21)2/h3-6,13-15H,7-12H2,1-2H3. The van der Waals surface area contributed by atoms with E-state index in [1.165, 1.54) is 12.1 Å². The molecule has 30 heavy (non-hydrogen) atoms. The van der Waals surface area contributed by atoms with Gasteiger partial charge in [0.2, 0.25) is 5.91 Å². The molecule has 0 radical (unpaired) electrons. The van der Waals surface area contributed by atoms with Gasteiger partial charge in [-0.15, -0.1) is 0 Å². The van der Waals surface area contributed by atoms with E-state index in [2.05, 4.69) is 4.90 Å². The van der Waals surface area contributed by atoms with E-state index in [4.69, 9.17) is 4.74 Å². The van der Waals surface area contributed by atoms with E-state index >= 15 is 0 Å². The molecule has 158 valence electrons. The van der Waals surface area contributed by atoms with E-state index in [-0.39, 0.29) is 24.6 Å². The van der Waals surface area contributed by atoms with Gasteiger partial charge >= 0.3 is 0 Å². The van der Waals surface area contributed by atoms with Crippen molar-refractivity contribution >= 4 is 23.6 Å². The maximum atomic E-state index is 12.5. The van der Waals surface area contributed by atoms with Crippen LogP contribution in [-0.2, 0) is 4.79 Å². The van der Waals surface area contributed by atoms with Crippen molar-refractivity contribution in [3.05, 3.63) is 63.2 Å². The average Bonchev–Trinajstić information content (AvgIpc) is 2.74. The Morgan fingerprint density at radius 2 is 1.83 bits per heavy atom. The van der Waals surface area contributed by atoms with Crippen LogP contribution in [0.1, 0.15) is 27.9 Å². The fraction of sp³-hybridized carbons (Fsp3) is 0.364. The number of aryl methyl sites for hydroxylation is 2. The van der Waals surface area contributed by atoms with Crippen molar-refractivity contribution in [2.24, 2.45) is 0 Å². The lowest BCUT2D eigenvalue weighted by atomic mass is 10.1. The number of nitro benzene ring substituents is 1. The average molecular weight is 411 g/mol. The van der Waals surface area contributed by atoms with Gasteiger partial charge in [-0.25, -0.2) is 0 Å². The van der Waals surface area contributed by atoms with Crippen molar-refractivity contribution in [3.8, 4) is 5.75 Å². The van der Waals surface area contributed by atoms with Crippen LogP contribution in [-0.4, -0.2) is 54.8 Å². The molecular formula is C22H25N3O5. The topological polar surface area (TPSA) is 93.0 Å². The molecule has 0 aromatic heterocycles. The van der Waals surface area contributed by atoms with Crippen LogP contribution in [0.3, 0.4) is 0 Å². The number of hydrogen-bond donors (Lipinski definition) is 0. The van der Waals surface area contributed by atoms with Gasteiger partial charge in [0.05, 0.1) is 18.0 Å². The molecule has 0 spiro atoms. The molecule has 1 aliphatic rings. The molecule has 0 aliphatic carbocycles. The van der Waals surface area contributed by atoms with Gasteiger partial charge < -0.3 is 14.5 Å². The highest BCUT2D eigenvalue weighted by molar-refractivity contribution is 5.79. The molecular weight excluding hydrogens is 386 g/mol. The molecule has 0 saturated carbocycles. The van der Waals surface area contributed by atoms with Crippen LogP contribution in [0.15, 0.2) is 36.4 Å². The Hall–Kier alpha value is -3.42. The summed E-state index contributed by atoms with van der Waals surface area (Å²) in [5.41, 5.74) is 3.38.